The molecule has 0 spiro atoms. The van der Waals surface area contributed by atoms with E-state index in [9.17, 15) is 4.79 Å². The van der Waals surface area contributed by atoms with Gasteiger partial charge >= 0.3 is 0 Å². The molecule has 0 aromatic heterocycles. The normalized spacial score (nSPS) is 22.8. The van der Waals surface area contributed by atoms with Crippen LogP contribution in [0.1, 0.15) is 50.4 Å². The minimum atomic E-state index is -0.241. The molecule has 110 valence electrons. The minimum absolute atomic E-state index is 0.122. The Morgan fingerprint density at radius 3 is 2.85 bits per heavy atom. The molecule has 1 atom stereocenters. The van der Waals surface area contributed by atoms with Crippen molar-refractivity contribution in [1.29, 1.82) is 0 Å². The van der Waals surface area contributed by atoms with Gasteiger partial charge in [0.2, 0.25) is 0 Å². The third-order valence-electron chi connectivity index (χ3n) is 4.10. The maximum absolute atomic E-state index is 12.9. The fraction of sp³-hybridized carbons (Fsp3) is 0.588. The molecule has 1 fully saturated rings. The molecule has 0 radical (unpaired) electrons. The number of ether oxygens (including phenoxy) is 1. The standard InChI is InChI=1S/C17H25NO2/c1-4-17(9-6-10-18-12-17)16(19)14-7-5-8-15(11-14)20-13(2)3/h5,7-8,11,13,18H,4,6,9-10,12H2,1-3H3. The number of carbonyl (C=O) groups is 1. The number of piperidine rings is 1. The van der Waals surface area contributed by atoms with Crippen LogP contribution >= 0.6 is 0 Å². The molecule has 1 aromatic rings. The molecule has 1 unspecified atom stereocenters. The van der Waals surface area contributed by atoms with Crippen molar-refractivity contribution < 1.29 is 9.53 Å². The fourth-order valence-electron chi connectivity index (χ4n) is 2.91. The smallest absolute Gasteiger partial charge is 0.170 e. The highest BCUT2D eigenvalue weighted by Gasteiger charge is 2.38. The van der Waals surface area contributed by atoms with E-state index in [1.54, 1.807) is 0 Å². The first-order valence-electron chi connectivity index (χ1n) is 7.59. The molecule has 20 heavy (non-hydrogen) atoms. The second-order valence-corrected chi connectivity index (χ2v) is 5.94. The van der Waals surface area contributed by atoms with Gasteiger partial charge in [0, 0.05) is 17.5 Å². The largest absolute Gasteiger partial charge is 0.491 e. The lowest BCUT2D eigenvalue weighted by Crippen LogP contribution is -2.45. The quantitative estimate of drug-likeness (QED) is 0.837. The predicted octanol–water partition coefficient (Wildman–Crippen LogP) is 3.44. The Balaban J connectivity index is 2.23. The lowest BCUT2D eigenvalue weighted by Gasteiger charge is -2.35. The van der Waals surface area contributed by atoms with E-state index in [0.717, 1.165) is 43.7 Å². The van der Waals surface area contributed by atoms with E-state index in [0.29, 0.717) is 0 Å². The number of hydrogen-bond acceptors (Lipinski definition) is 3. The minimum Gasteiger partial charge on any atom is -0.491 e. The van der Waals surface area contributed by atoms with Crippen LogP contribution in [0.25, 0.3) is 0 Å². The lowest BCUT2D eigenvalue weighted by atomic mass is 9.73. The van der Waals surface area contributed by atoms with Crippen LogP contribution in [0.4, 0.5) is 0 Å². The summed E-state index contributed by atoms with van der Waals surface area (Å²) in [5.41, 5.74) is 0.531. The fourth-order valence-corrected chi connectivity index (χ4v) is 2.91. The summed E-state index contributed by atoms with van der Waals surface area (Å²) in [5.74, 6) is 1.03. The van der Waals surface area contributed by atoms with Gasteiger partial charge in [-0.05, 0) is 51.8 Å². The SMILES string of the molecule is CCC1(C(=O)c2cccc(OC(C)C)c2)CCCNC1. The van der Waals surface area contributed by atoms with Crippen molar-refractivity contribution in [2.24, 2.45) is 5.41 Å². The maximum Gasteiger partial charge on any atom is 0.170 e. The molecule has 1 aromatic carbocycles. The highest BCUT2D eigenvalue weighted by molar-refractivity contribution is 6.01. The molecule has 3 nitrogen and oxygen atoms in total. The Labute approximate surface area is 121 Å². The van der Waals surface area contributed by atoms with Gasteiger partial charge in [-0.2, -0.15) is 0 Å². The first-order chi connectivity index (χ1) is 9.57. The summed E-state index contributed by atoms with van der Waals surface area (Å²) >= 11 is 0. The second-order valence-electron chi connectivity index (χ2n) is 5.94. The van der Waals surface area contributed by atoms with Crippen LogP contribution in [0.2, 0.25) is 0 Å². The van der Waals surface area contributed by atoms with Gasteiger partial charge in [-0.25, -0.2) is 0 Å². The van der Waals surface area contributed by atoms with Crippen molar-refractivity contribution in [2.45, 2.75) is 46.1 Å². The highest BCUT2D eigenvalue weighted by Crippen LogP contribution is 2.34. The van der Waals surface area contributed by atoms with Gasteiger partial charge in [0.1, 0.15) is 5.75 Å². The van der Waals surface area contributed by atoms with E-state index in [1.165, 1.54) is 0 Å². The van der Waals surface area contributed by atoms with Gasteiger partial charge in [0.25, 0.3) is 0 Å². The Morgan fingerprint density at radius 1 is 1.45 bits per heavy atom. The van der Waals surface area contributed by atoms with E-state index in [-0.39, 0.29) is 17.3 Å². The van der Waals surface area contributed by atoms with Crippen LogP contribution < -0.4 is 10.1 Å². The number of ketones is 1. The lowest BCUT2D eigenvalue weighted by molar-refractivity contribution is 0.0730. The zero-order valence-electron chi connectivity index (χ0n) is 12.7. The summed E-state index contributed by atoms with van der Waals surface area (Å²) < 4.78 is 5.69. The number of Topliss-reactive ketones (excluding diaryl/α,β-unsaturated/α-hetero) is 1. The van der Waals surface area contributed by atoms with Gasteiger partial charge in [-0.3, -0.25) is 4.79 Å². The van der Waals surface area contributed by atoms with E-state index in [2.05, 4.69) is 12.2 Å². The van der Waals surface area contributed by atoms with Crippen LogP contribution in [-0.4, -0.2) is 25.0 Å². The second kappa shape index (κ2) is 6.40. The van der Waals surface area contributed by atoms with E-state index in [1.807, 2.05) is 38.1 Å². The third-order valence-corrected chi connectivity index (χ3v) is 4.10. The Bertz CT molecular complexity index is 462. The molecule has 1 aliphatic rings. The molecule has 1 N–H and O–H groups in total. The first kappa shape index (κ1) is 15.0. The van der Waals surface area contributed by atoms with Crippen molar-refractivity contribution in [3.8, 4) is 5.75 Å². The average Bonchev–Trinajstić information content (AvgIpc) is 2.47. The van der Waals surface area contributed by atoms with Gasteiger partial charge in [-0.15, -0.1) is 0 Å². The van der Waals surface area contributed by atoms with Crippen molar-refractivity contribution in [2.75, 3.05) is 13.1 Å². The molecule has 2 rings (SSSR count). The molecule has 1 aliphatic heterocycles. The van der Waals surface area contributed by atoms with Crippen molar-refractivity contribution in [1.82, 2.24) is 5.32 Å². The van der Waals surface area contributed by atoms with E-state index in [4.69, 9.17) is 4.74 Å². The molecule has 0 amide bonds. The highest BCUT2D eigenvalue weighted by atomic mass is 16.5. The Kier molecular flexibility index (Phi) is 4.81. The first-order valence-corrected chi connectivity index (χ1v) is 7.59. The number of benzene rings is 1. The zero-order valence-corrected chi connectivity index (χ0v) is 12.7. The molecular formula is C17H25NO2. The van der Waals surface area contributed by atoms with Gasteiger partial charge in [0.15, 0.2) is 5.78 Å². The van der Waals surface area contributed by atoms with Gasteiger partial charge in [-0.1, -0.05) is 19.1 Å². The van der Waals surface area contributed by atoms with Gasteiger partial charge in [0.05, 0.1) is 6.10 Å². The molecule has 0 saturated carbocycles. The predicted molar refractivity (Wildman–Crippen MR) is 81.4 cm³/mol. The summed E-state index contributed by atoms with van der Waals surface area (Å²) in [6, 6.07) is 7.61. The topological polar surface area (TPSA) is 38.3 Å². The van der Waals surface area contributed by atoms with E-state index < -0.39 is 0 Å². The third kappa shape index (κ3) is 3.21. The van der Waals surface area contributed by atoms with Crippen LogP contribution in [0.15, 0.2) is 24.3 Å². The summed E-state index contributed by atoms with van der Waals surface area (Å²) in [6.45, 7) is 7.91. The maximum atomic E-state index is 12.9. The summed E-state index contributed by atoms with van der Waals surface area (Å²) in [7, 11) is 0. The molecule has 1 saturated heterocycles. The Hall–Kier alpha value is -1.35. The summed E-state index contributed by atoms with van der Waals surface area (Å²) in [5, 5.41) is 3.37. The summed E-state index contributed by atoms with van der Waals surface area (Å²) in [6.07, 6.45) is 3.05. The zero-order chi connectivity index (χ0) is 14.6. The van der Waals surface area contributed by atoms with Crippen LogP contribution in [0, 0.1) is 5.41 Å². The Morgan fingerprint density at radius 2 is 2.25 bits per heavy atom. The van der Waals surface area contributed by atoms with Crippen LogP contribution in [-0.2, 0) is 0 Å². The van der Waals surface area contributed by atoms with Crippen LogP contribution in [0.3, 0.4) is 0 Å². The molecule has 0 bridgehead atoms. The van der Waals surface area contributed by atoms with Crippen molar-refractivity contribution >= 4 is 5.78 Å². The number of carbonyl (C=O) groups excluding carboxylic acids is 1. The molecule has 0 aliphatic carbocycles. The van der Waals surface area contributed by atoms with Crippen molar-refractivity contribution in [3.63, 3.8) is 0 Å². The number of nitrogens with one attached hydrogen (secondary N) is 1. The number of hydrogen-bond donors (Lipinski definition) is 1. The molecular weight excluding hydrogens is 250 g/mol. The van der Waals surface area contributed by atoms with Crippen molar-refractivity contribution in [3.05, 3.63) is 29.8 Å². The monoisotopic (exact) mass is 275 g/mol. The van der Waals surface area contributed by atoms with Crippen LogP contribution in [0.5, 0.6) is 5.75 Å². The van der Waals surface area contributed by atoms with Gasteiger partial charge < -0.3 is 10.1 Å². The number of rotatable bonds is 5. The average molecular weight is 275 g/mol. The summed E-state index contributed by atoms with van der Waals surface area (Å²) in [4.78, 5) is 12.9. The van der Waals surface area contributed by atoms with E-state index >= 15 is 0 Å². The molecule has 3 heteroatoms. The molecule has 1 heterocycles.